The van der Waals surface area contributed by atoms with E-state index < -0.39 is 53.8 Å². The van der Waals surface area contributed by atoms with Gasteiger partial charge in [-0.3, -0.25) is 10.7 Å². The van der Waals surface area contributed by atoms with E-state index in [0.29, 0.717) is 0 Å². The molecular weight excluding hydrogens is 594 g/mol. The maximum Gasteiger partial charge on any atom is 0.339 e. The lowest BCUT2D eigenvalue weighted by Gasteiger charge is -2.15. The van der Waals surface area contributed by atoms with Crippen molar-refractivity contribution in [2.75, 3.05) is 19.5 Å². The van der Waals surface area contributed by atoms with Crippen LogP contribution < -0.4 is 20.3 Å². The minimum Gasteiger partial charge on any atom is -0.467 e. The van der Waals surface area contributed by atoms with E-state index in [-0.39, 0.29) is 28.9 Å². The van der Waals surface area contributed by atoms with Crippen LogP contribution in [0.1, 0.15) is 40.4 Å². The second-order valence-electron chi connectivity index (χ2n) is 8.40. The zero-order chi connectivity index (χ0) is 31.1. The first-order valence-corrected chi connectivity index (χ1v) is 14.8. The number of rotatable bonds is 10. The zero-order valence-electron chi connectivity index (χ0n) is 23.0. The van der Waals surface area contributed by atoms with Gasteiger partial charge in [-0.1, -0.05) is 24.3 Å². The topological polar surface area (TPSA) is 217 Å². The third-order valence-electron chi connectivity index (χ3n) is 4.96. The van der Waals surface area contributed by atoms with Crippen LogP contribution in [-0.4, -0.2) is 70.0 Å². The van der Waals surface area contributed by atoms with E-state index in [1.54, 1.807) is 13.8 Å². The third-order valence-corrected chi connectivity index (χ3v) is 7.60. The number of hydrogen-bond donors (Lipinski definition) is 3. The summed E-state index contributed by atoms with van der Waals surface area (Å²) in [7, 11) is -6.90. The zero-order valence-corrected chi connectivity index (χ0v) is 24.6. The van der Waals surface area contributed by atoms with Crippen molar-refractivity contribution in [2.45, 2.75) is 36.7 Å². The number of anilines is 1. The number of carbonyl (C=O) groups excluding carboxylic acids is 2. The van der Waals surface area contributed by atoms with E-state index in [4.69, 9.17) is 9.47 Å². The number of aromatic nitrogens is 3. The summed E-state index contributed by atoms with van der Waals surface area (Å²) in [5.74, 6) is -2.69. The number of guanidine groups is 1. The molecule has 0 atom stereocenters. The van der Waals surface area contributed by atoms with Gasteiger partial charge in [0.25, 0.3) is 20.0 Å². The number of nitrogens with zero attached hydrogens (tertiary/aromatic N) is 4. The Bertz CT molecular complexity index is 1730. The van der Waals surface area contributed by atoms with Crippen LogP contribution in [0.5, 0.6) is 6.01 Å². The second-order valence-corrected chi connectivity index (χ2v) is 11.6. The highest BCUT2D eigenvalue weighted by molar-refractivity contribution is 7.90. The summed E-state index contributed by atoms with van der Waals surface area (Å²) < 4.78 is 71.5. The highest BCUT2D eigenvalue weighted by atomic mass is 32.2. The van der Waals surface area contributed by atoms with Gasteiger partial charge in [0.15, 0.2) is 0 Å². The van der Waals surface area contributed by atoms with Crippen molar-refractivity contribution in [3.63, 3.8) is 0 Å². The van der Waals surface area contributed by atoms with Gasteiger partial charge in [-0.15, -0.1) is 9.23 Å². The first kappa shape index (κ1) is 31.8. The molecule has 0 saturated carbocycles. The standard InChI is InChI=1S/C24H27N7O9S2/c1-14(2)40-21(33)17-11-7-8-12-18(17)41(34,35)30-23(27-22-25-15(3)26-24(28-22)39-5)29-31-42(36,37)19-13-9-6-10-16(19)20(32)38-4/h6-14,31H,1-5H3,(H2,25,26,27,28,29,30). The molecule has 0 unspecified atom stereocenters. The maximum atomic E-state index is 13.4. The first-order valence-electron chi connectivity index (χ1n) is 11.9. The molecular formula is C24H27N7O9S2. The van der Waals surface area contributed by atoms with Gasteiger partial charge in [0, 0.05) is 0 Å². The first-order chi connectivity index (χ1) is 19.8. The van der Waals surface area contributed by atoms with E-state index in [9.17, 15) is 26.4 Å². The van der Waals surface area contributed by atoms with Crippen LogP contribution in [0.3, 0.4) is 0 Å². The van der Waals surface area contributed by atoms with E-state index in [1.165, 1.54) is 50.4 Å². The van der Waals surface area contributed by atoms with Gasteiger partial charge in [-0.2, -0.15) is 23.4 Å². The lowest BCUT2D eigenvalue weighted by atomic mass is 10.2. The van der Waals surface area contributed by atoms with Crippen molar-refractivity contribution >= 4 is 43.9 Å². The number of esters is 2. The third kappa shape index (κ3) is 7.95. The largest absolute Gasteiger partial charge is 0.467 e. The molecule has 0 aliphatic rings. The van der Waals surface area contributed by atoms with Gasteiger partial charge in [-0.05, 0) is 45.0 Å². The van der Waals surface area contributed by atoms with Crippen LogP contribution in [0.15, 0.2) is 62.7 Å². The smallest absolute Gasteiger partial charge is 0.339 e. The molecule has 224 valence electrons. The van der Waals surface area contributed by atoms with Crippen LogP contribution in [0, 0.1) is 6.92 Å². The molecule has 0 aliphatic heterocycles. The molecule has 3 N–H and O–H groups in total. The molecule has 2 aromatic carbocycles. The molecule has 0 spiro atoms. The summed E-state index contributed by atoms with van der Waals surface area (Å²) in [6, 6.07) is 10.2. The summed E-state index contributed by atoms with van der Waals surface area (Å²) in [5, 5.41) is 2.46. The van der Waals surface area contributed by atoms with Gasteiger partial charge < -0.3 is 14.2 Å². The molecule has 0 fully saturated rings. The average molecular weight is 622 g/mol. The van der Waals surface area contributed by atoms with E-state index >= 15 is 0 Å². The average Bonchev–Trinajstić information content (AvgIpc) is 2.94. The van der Waals surface area contributed by atoms with Crippen LogP contribution in [0.4, 0.5) is 5.95 Å². The predicted molar refractivity (Wildman–Crippen MR) is 148 cm³/mol. The fourth-order valence-electron chi connectivity index (χ4n) is 3.24. The summed E-state index contributed by atoms with van der Waals surface area (Å²) in [6.07, 6.45) is -0.542. The van der Waals surface area contributed by atoms with Gasteiger partial charge >= 0.3 is 17.9 Å². The quantitative estimate of drug-likeness (QED) is 0.125. The van der Waals surface area contributed by atoms with Crippen molar-refractivity contribution in [2.24, 2.45) is 4.40 Å². The summed E-state index contributed by atoms with van der Waals surface area (Å²) in [6.45, 7) is 4.68. The number of aryl methyl sites for hydroxylation is 1. The van der Waals surface area contributed by atoms with Gasteiger partial charge in [0.1, 0.15) is 10.7 Å². The summed E-state index contributed by atoms with van der Waals surface area (Å²) in [5.41, 5.74) is 1.57. The highest BCUT2D eigenvalue weighted by Gasteiger charge is 2.26. The Kier molecular flexibility index (Phi) is 10.1. The van der Waals surface area contributed by atoms with Crippen LogP contribution in [-0.2, 0) is 29.5 Å². The number of benzene rings is 2. The van der Waals surface area contributed by atoms with Crippen molar-refractivity contribution in [3.8, 4) is 6.01 Å². The Balaban J connectivity index is 2.08. The molecule has 1 heterocycles. The molecule has 42 heavy (non-hydrogen) atoms. The molecule has 0 aliphatic carbocycles. The van der Waals surface area contributed by atoms with Crippen LogP contribution in [0.2, 0.25) is 0 Å². The maximum absolute atomic E-state index is 13.4. The minimum atomic E-state index is -4.72. The number of sulfonamides is 2. The molecule has 18 heteroatoms. The second kappa shape index (κ2) is 13.3. The number of carbonyl (C=O) groups is 2. The number of nitrogens with one attached hydrogen (secondary N) is 3. The number of hydrogen-bond acceptors (Lipinski definition) is 12. The molecule has 0 radical (unpaired) electrons. The van der Waals surface area contributed by atoms with Crippen molar-refractivity contribution in [1.29, 1.82) is 0 Å². The van der Waals surface area contributed by atoms with Crippen molar-refractivity contribution in [1.82, 2.24) is 25.2 Å². The van der Waals surface area contributed by atoms with Gasteiger partial charge in [0.2, 0.25) is 11.9 Å². The molecule has 0 saturated heterocycles. The van der Waals surface area contributed by atoms with Gasteiger partial charge in [0.05, 0.1) is 36.3 Å². The molecule has 3 aromatic rings. The number of ether oxygens (including phenoxy) is 3. The Morgan fingerprint density at radius 3 is 2.05 bits per heavy atom. The lowest BCUT2D eigenvalue weighted by Crippen LogP contribution is -2.45. The summed E-state index contributed by atoms with van der Waals surface area (Å²) in [4.78, 5) is 37.6. The molecule has 3 rings (SSSR count). The van der Waals surface area contributed by atoms with Gasteiger partial charge in [-0.25, -0.2) is 18.0 Å². The Morgan fingerprint density at radius 1 is 0.857 bits per heavy atom. The normalized spacial score (nSPS) is 12.0. The number of methoxy groups -OCH3 is 2. The Hall–Kier alpha value is -4.68. The monoisotopic (exact) mass is 621 g/mol. The van der Waals surface area contributed by atoms with E-state index in [0.717, 1.165) is 19.2 Å². The molecule has 16 nitrogen and oxygen atoms in total. The molecule has 0 amide bonds. The van der Waals surface area contributed by atoms with Crippen LogP contribution >= 0.6 is 0 Å². The van der Waals surface area contributed by atoms with Crippen LogP contribution in [0.25, 0.3) is 0 Å². The highest BCUT2D eigenvalue weighted by Crippen LogP contribution is 2.20. The summed E-state index contributed by atoms with van der Waals surface area (Å²) >= 11 is 0. The lowest BCUT2D eigenvalue weighted by molar-refractivity contribution is 0.0373. The minimum absolute atomic E-state index is 0.137. The van der Waals surface area contributed by atoms with E-state index in [2.05, 4.69) is 34.8 Å². The van der Waals surface area contributed by atoms with Crippen molar-refractivity contribution < 1.29 is 40.6 Å². The van der Waals surface area contributed by atoms with Crippen molar-refractivity contribution in [3.05, 3.63) is 65.5 Å². The SMILES string of the molecule is COC(=O)c1ccccc1S(=O)(=O)NNC(=NS(=O)(=O)c1ccccc1C(=O)OC(C)C)Nc1nc(C)nc(OC)n1. The predicted octanol–water partition coefficient (Wildman–Crippen LogP) is 1.18. The molecule has 0 bridgehead atoms. The fourth-order valence-corrected chi connectivity index (χ4v) is 5.39. The number of hydrazine groups is 1. The Morgan fingerprint density at radius 2 is 1.45 bits per heavy atom. The Labute approximate surface area is 241 Å². The fraction of sp³-hybridized carbons (Fsp3) is 0.250. The molecule has 1 aromatic heterocycles. The van der Waals surface area contributed by atoms with E-state index in [1.807, 2.05) is 4.83 Å².